The molecule has 2 aromatic heterocycles. The number of hydrogen-bond acceptors (Lipinski definition) is 3. The summed E-state index contributed by atoms with van der Waals surface area (Å²) in [4.78, 5) is 12.0. The van der Waals surface area contributed by atoms with Crippen LogP contribution < -0.4 is 10.3 Å². The molecular weight excluding hydrogens is 256 g/mol. The van der Waals surface area contributed by atoms with E-state index in [1.54, 1.807) is 18.4 Å². The Morgan fingerprint density at radius 3 is 2.70 bits per heavy atom. The van der Waals surface area contributed by atoms with Crippen LogP contribution in [0.4, 0.5) is 0 Å². The van der Waals surface area contributed by atoms with E-state index in [9.17, 15) is 4.79 Å². The molecule has 0 radical (unpaired) electrons. The molecule has 0 atom stereocenters. The summed E-state index contributed by atoms with van der Waals surface area (Å²) in [6, 6.07) is 12.4. The second-order valence-electron chi connectivity index (χ2n) is 4.25. The normalized spacial score (nSPS) is 10.7. The van der Waals surface area contributed by atoms with E-state index in [1.165, 1.54) is 10.7 Å². The van der Waals surface area contributed by atoms with Crippen LogP contribution in [0.15, 0.2) is 57.9 Å². The Labute approximate surface area is 115 Å². The summed E-state index contributed by atoms with van der Waals surface area (Å²) in [5, 5.41) is 3.02. The van der Waals surface area contributed by atoms with Crippen molar-refractivity contribution >= 4 is 0 Å². The van der Waals surface area contributed by atoms with Gasteiger partial charge in [0.15, 0.2) is 5.76 Å². The second kappa shape index (κ2) is 5.13. The number of ether oxygens (including phenoxy) is 1. The number of furan rings is 1. The van der Waals surface area contributed by atoms with E-state index in [2.05, 4.69) is 5.10 Å². The van der Waals surface area contributed by atoms with Crippen molar-refractivity contribution in [2.24, 2.45) is 0 Å². The third kappa shape index (κ3) is 2.25. The first-order valence-corrected chi connectivity index (χ1v) is 6.37. The zero-order valence-corrected chi connectivity index (χ0v) is 11.0. The maximum absolute atomic E-state index is 12.0. The van der Waals surface area contributed by atoms with Crippen LogP contribution in [0.5, 0.6) is 5.75 Å². The fourth-order valence-corrected chi connectivity index (χ4v) is 2.00. The fraction of sp³-hybridized carbons (Fsp3) is 0.133. The smallest absolute Gasteiger partial charge is 0.271 e. The van der Waals surface area contributed by atoms with Crippen LogP contribution in [0.1, 0.15) is 6.92 Å². The summed E-state index contributed by atoms with van der Waals surface area (Å²) < 4.78 is 12.1. The summed E-state index contributed by atoms with van der Waals surface area (Å²) >= 11 is 0. The predicted octanol–water partition coefficient (Wildman–Crippen LogP) is 2.82. The molecule has 0 saturated carbocycles. The Morgan fingerprint density at radius 1 is 1.25 bits per heavy atom. The van der Waals surface area contributed by atoms with Gasteiger partial charge in [-0.2, -0.15) is 0 Å². The van der Waals surface area contributed by atoms with Crippen LogP contribution >= 0.6 is 0 Å². The number of nitrogens with zero attached hydrogens (tertiary/aromatic N) is 1. The van der Waals surface area contributed by atoms with Crippen molar-refractivity contribution in [2.45, 2.75) is 6.92 Å². The van der Waals surface area contributed by atoms with Crippen LogP contribution in [0, 0.1) is 0 Å². The molecule has 3 aromatic rings. The van der Waals surface area contributed by atoms with Crippen molar-refractivity contribution in [3.63, 3.8) is 0 Å². The summed E-state index contributed by atoms with van der Waals surface area (Å²) in [5.74, 6) is 1.41. The first-order valence-electron chi connectivity index (χ1n) is 6.37. The highest BCUT2D eigenvalue weighted by molar-refractivity contribution is 5.51. The van der Waals surface area contributed by atoms with Gasteiger partial charge in [-0.15, -0.1) is 0 Å². The lowest BCUT2D eigenvalue weighted by Gasteiger charge is -2.05. The molecule has 0 amide bonds. The summed E-state index contributed by atoms with van der Waals surface area (Å²) in [7, 11) is 0. The summed E-state index contributed by atoms with van der Waals surface area (Å²) in [6.45, 7) is 2.55. The second-order valence-corrected chi connectivity index (χ2v) is 4.25. The predicted molar refractivity (Wildman–Crippen MR) is 75.3 cm³/mol. The first-order chi connectivity index (χ1) is 9.78. The van der Waals surface area contributed by atoms with Gasteiger partial charge in [-0.05, 0) is 43.3 Å². The Bertz CT molecular complexity index is 736. The van der Waals surface area contributed by atoms with Crippen LogP contribution in [0.2, 0.25) is 0 Å². The van der Waals surface area contributed by atoms with Crippen molar-refractivity contribution < 1.29 is 9.15 Å². The Kier molecular flexibility index (Phi) is 3.16. The van der Waals surface area contributed by atoms with Gasteiger partial charge in [-0.25, -0.2) is 4.68 Å². The van der Waals surface area contributed by atoms with Gasteiger partial charge in [0.05, 0.1) is 18.6 Å². The van der Waals surface area contributed by atoms with Crippen LogP contribution in [0.3, 0.4) is 0 Å². The van der Waals surface area contributed by atoms with Gasteiger partial charge in [0, 0.05) is 6.07 Å². The monoisotopic (exact) mass is 270 g/mol. The summed E-state index contributed by atoms with van der Waals surface area (Å²) in [5.41, 5.74) is 1.26. The lowest BCUT2D eigenvalue weighted by atomic mass is 10.3. The van der Waals surface area contributed by atoms with Crippen LogP contribution in [-0.2, 0) is 0 Å². The van der Waals surface area contributed by atoms with Crippen LogP contribution in [0.25, 0.3) is 17.1 Å². The number of benzene rings is 1. The average molecular weight is 270 g/mol. The van der Waals surface area contributed by atoms with Crippen molar-refractivity contribution in [3.8, 4) is 22.9 Å². The Balaban J connectivity index is 1.96. The summed E-state index contributed by atoms with van der Waals surface area (Å²) in [6.07, 6.45) is 1.57. The molecule has 1 N–H and O–H groups in total. The molecule has 5 nitrogen and oxygen atoms in total. The SMILES string of the molecule is CCOc1ccc(-n2[nH]c(-c3ccco3)cc2=O)cc1. The van der Waals surface area contributed by atoms with Gasteiger partial charge in [-0.3, -0.25) is 9.89 Å². The molecule has 0 spiro atoms. The molecule has 0 unspecified atom stereocenters. The minimum atomic E-state index is -0.138. The molecule has 3 rings (SSSR count). The topological polar surface area (TPSA) is 60.2 Å². The van der Waals surface area contributed by atoms with Gasteiger partial charge in [-0.1, -0.05) is 0 Å². The fourth-order valence-electron chi connectivity index (χ4n) is 2.00. The number of H-pyrrole nitrogens is 1. The molecule has 0 fully saturated rings. The van der Waals surface area contributed by atoms with E-state index in [0.29, 0.717) is 18.1 Å². The van der Waals surface area contributed by atoms with Crippen LogP contribution in [-0.4, -0.2) is 16.4 Å². The molecule has 1 aromatic carbocycles. The quantitative estimate of drug-likeness (QED) is 0.793. The molecule has 0 saturated heterocycles. The first kappa shape index (κ1) is 12.3. The van der Waals surface area contributed by atoms with Crippen molar-refractivity contribution in [2.75, 3.05) is 6.61 Å². The van der Waals surface area contributed by atoms with E-state index in [4.69, 9.17) is 9.15 Å². The maximum Gasteiger partial charge on any atom is 0.271 e. The average Bonchev–Trinajstić information content (AvgIpc) is 3.09. The minimum Gasteiger partial charge on any atom is -0.494 e. The van der Waals surface area contributed by atoms with Gasteiger partial charge >= 0.3 is 0 Å². The molecule has 0 aliphatic carbocycles. The minimum absolute atomic E-state index is 0.138. The third-order valence-corrected chi connectivity index (χ3v) is 2.91. The number of nitrogens with one attached hydrogen (secondary N) is 1. The standard InChI is InChI=1S/C15H14N2O3/c1-2-19-12-7-5-11(6-8-12)17-15(18)10-13(16-17)14-4-3-9-20-14/h3-10,16H,2H2,1H3. The number of aromatic nitrogens is 2. The van der Waals surface area contributed by atoms with E-state index < -0.39 is 0 Å². The molecule has 0 aliphatic heterocycles. The Hall–Kier alpha value is -2.69. The van der Waals surface area contributed by atoms with E-state index in [1.807, 2.05) is 31.2 Å². The van der Waals surface area contributed by atoms with Crippen molar-refractivity contribution in [3.05, 3.63) is 59.1 Å². The lowest BCUT2D eigenvalue weighted by Crippen LogP contribution is -2.13. The molecule has 102 valence electrons. The zero-order chi connectivity index (χ0) is 13.9. The van der Waals surface area contributed by atoms with Crippen molar-refractivity contribution in [1.29, 1.82) is 0 Å². The molecule has 0 bridgehead atoms. The maximum atomic E-state index is 12.0. The highest BCUT2D eigenvalue weighted by Crippen LogP contribution is 2.18. The highest BCUT2D eigenvalue weighted by atomic mass is 16.5. The molecule has 5 heteroatoms. The third-order valence-electron chi connectivity index (χ3n) is 2.91. The van der Waals surface area contributed by atoms with E-state index in [-0.39, 0.29) is 5.56 Å². The highest BCUT2D eigenvalue weighted by Gasteiger charge is 2.08. The van der Waals surface area contributed by atoms with E-state index >= 15 is 0 Å². The van der Waals surface area contributed by atoms with E-state index in [0.717, 1.165) is 11.4 Å². The molecule has 20 heavy (non-hydrogen) atoms. The number of aromatic amines is 1. The van der Waals surface area contributed by atoms with Gasteiger partial charge < -0.3 is 9.15 Å². The van der Waals surface area contributed by atoms with Gasteiger partial charge in [0.1, 0.15) is 11.4 Å². The molecule has 0 aliphatic rings. The van der Waals surface area contributed by atoms with Gasteiger partial charge in [0.25, 0.3) is 5.56 Å². The van der Waals surface area contributed by atoms with Gasteiger partial charge in [0.2, 0.25) is 0 Å². The number of hydrogen-bond donors (Lipinski definition) is 1. The molecular formula is C15H14N2O3. The van der Waals surface area contributed by atoms with Crippen molar-refractivity contribution in [1.82, 2.24) is 9.78 Å². The number of rotatable bonds is 4. The largest absolute Gasteiger partial charge is 0.494 e. The zero-order valence-electron chi connectivity index (χ0n) is 11.0. The molecule has 2 heterocycles. The Morgan fingerprint density at radius 2 is 2.05 bits per heavy atom. The lowest BCUT2D eigenvalue weighted by molar-refractivity contribution is 0.340.